The minimum atomic E-state index is -3.52. The molecule has 144 valence electrons. The van der Waals surface area contributed by atoms with Crippen LogP contribution in [0, 0.1) is 13.8 Å². The van der Waals surface area contributed by atoms with Gasteiger partial charge in [-0.25, -0.2) is 13.4 Å². The maximum Gasteiger partial charge on any atom is 0.246 e. The van der Waals surface area contributed by atoms with Crippen molar-refractivity contribution < 1.29 is 12.8 Å². The number of rotatable bonds is 5. The zero-order valence-corrected chi connectivity index (χ0v) is 17.0. The smallest absolute Gasteiger partial charge is 0.246 e. The van der Waals surface area contributed by atoms with Crippen molar-refractivity contribution in [3.05, 3.63) is 40.9 Å². The molecule has 0 saturated carbocycles. The maximum atomic E-state index is 13.1. The molecule has 1 aliphatic heterocycles. The van der Waals surface area contributed by atoms with Crippen molar-refractivity contribution >= 4 is 21.4 Å². The molecule has 4 rings (SSSR count). The summed E-state index contributed by atoms with van der Waals surface area (Å²) in [5, 5.41) is 6.44. The Labute approximate surface area is 162 Å². The van der Waals surface area contributed by atoms with Crippen molar-refractivity contribution in [1.29, 1.82) is 0 Å². The first kappa shape index (κ1) is 18.4. The highest BCUT2D eigenvalue weighted by molar-refractivity contribution is 7.89. The molecule has 3 aromatic heterocycles. The summed E-state index contributed by atoms with van der Waals surface area (Å²) in [5.41, 5.74) is 1.88. The minimum absolute atomic E-state index is 0.325. The highest BCUT2D eigenvalue weighted by Gasteiger charge is 2.31. The van der Waals surface area contributed by atoms with E-state index in [2.05, 4.69) is 10.1 Å². The Morgan fingerprint density at radius 3 is 2.70 bits per heavy atom. The number of nitrogens with zero attached hydrogens (tertiary/aromatic N) is 4. The van der Waals surface area contributed by atoms with Crippen LogP contribution in [-0.2, 0) is 16.6 Å². The lowest BCUT2D eigenvalue weighted by Gasteiger charge is -2.25. The van der Waals surface area contributed by atoms with Crippen LogP contribution in [-0.4, -0.2) is 40.6 Å². The average Bonchev–Trinajstić information content (AvgIpc) is 3.37. The SMILES string of the molecule is Cc1nn(Cc2coc(-c3cccs3)n2)c(C)c1S(=O)(=O)N1CCCCC1. The van der Waals surface area contributed by atoms with Gasteiger partial charge in [0.05, 0.1) is 22.8 Å². The van der Waals surface area contributed by atoms with Crippen molar-refractivity contribution in [2.75, 3.05) is 13.1 Å². The van der Waals surface area contributed by atoms with Crippen LogP contribution in [0.2, 0.25) is 0 Å². The van der Waals surface area contributed by atoms with Crippen LogP contribution in [0.15, 0.2) is 33.1 Å². The maximum absolute atomic E-state index is 13.1. The number of thiophene rings is 1. The summed E-state index contributed by atoms with van der Waals surface area (Å²) in [4.78, 5) is 5.79. The average molecular weight is 407 g/mol. The van der Waals surface area contributed by atoms with Gasteiger partial charge in [0.15, 0.2) is 0 Å². The van der Waals surface area contributed by atoms with Crippen LogP contribution in [0.1, 0.15) is 36.3 Å². The zero-order valence-electron chi connectivity index (χ0n) is 15.4. The second-order valence-electron chi connectivity index (χ2n) is 6.74. The monoisotopic (exact) mass is 406 g/mol. The van der Waals surface area contributed by atoms with E-state index < -0.39 is 10.0 Å². The lowest BCUT2D eigenvalue weighted by molar-refractivity contribution is 0.346. The molecule has 9 heteroatoms. The van der Waals surface area contributed by atoms with Crippen LogP contribution in [0.25, 0.3) is 10.8 Å². The molecule has 0 atom stereocenters. The molecule has 0 aliphatic carbocycles. The molecule has 1 saturated heterocycles. The first-order chi connectivity index (χ1) is 13.0. The number of aromatic nitrogens is 3. The van der Waals surface area contributed by atoms with E-state index in [9.17, 15) is 8.42 Å². The second kappa shape index (κ2) is 7.21. The van der Waals surface area contributed by atoms with Gasteiger partial charge < -0.3 is 4.42 Å². The van der Waals surface area contributed by atoms with Crippen LogP contribution < -0.4 is 0 Å². The van der Waals surface area contributed by atoms with Gasteiger partial charge in [0.2, 0.25) is 15.9 Å². The lowest BCUT2D eigenvalue weighted by atomic mass is 10.2. The molecule has 7 nitrogen and oxygen atoms in total. The Bertz CT molecular complexity index is 1030. The summed E-state index contributed by atoms with van der Waals surface area (Å²) >= 11 is 1.56. The van der Waals surface area contributed by atoms with Crippen LogP contribution >= 0.6 is 11.3 Å². The molecule has 27 heavy (non-hydrogen) atoms. The first-order valence-electron chi connectivity index (χ1n) is 8.99. The van der Waals surface area contributed by atoms with Crippen LogP contribution in [0.4, 0.5) is 0 Å². The quantitative estimate of drug-likeness (QED) is 0.648. The fourth-order valence-corrected chi connectivity index (χ4v) is 6.03. The normalized spacial score (nSPS) is 16.1. The summed E-state index contributed by atoms with van der Waals surface area (Å²) in [6.07, 6.45) is 4.51. The van der Waals surface area contributed by atoms with Gasteiger partial charge in [-0.2, -0.15) is 9.40 Å². The van der Waals surface area contributed by atoms with Gasteiger partial charge in [-0.05, 0) is 38.1 Å². The van der Waals surface area contributed by atoms with E-state index in [0.29, 0.717) is 47.5 Å². The van der Waals surface area contributed by atoms with Crippen molar-refractivity contribution in [2.45, 2.75) is 44.6 Å². The third-order valence-corrected chi connectivity index (χ3v) is 7.83. The predicted octanol–water partition coefficient (Wildman–Crippen LogP) is 3.44. The lowest BCUT2D eigenvalue weighted by Crippen LogP contribution is -2.36. The standard InChI is InChI=1S/C18H22N4O3S2/c1-13-17(27(23,24)21-8-4-3-5-9-21)14(2)22(20-13)11-15-12-25-18(19-15)16-7-6-10-26-16/h6-7,10,12H,3-5,8-9,11H2,1-2H3. The molecule has 0 bridgehead atoms. The summed E-state index contributed by atoms with van der Waals surface area (Å²) in [5.74, 6) is 0.572. The molecule has 4 heterocycles. The molecule has 0 N–H and O–H groups in total. The second-order valence-corrected chi connectivity index (χ2v) is 9.57. The fraction of sp³-hybridized carbons (Fsp3) is 0.444. The number of aryl methyl sites for hydroxylation is 1. The van der Waals surface area contributed by atoms with Gasteiger partial charge in [-0.15, -0.1) is 11.3 Å². The molecular weight excluding hydrogens is 384 g/mol. The van der Waals surface area contributed by atoms with Crippen LogP contribution in [0.5, 0.6) is 0 Å². The van der Waals surface area contributed by atoms with Gasteiger partial charge in [0.25, 0.3) is 0 Å². The first-order valence-corrected chi connectivity index (χ1v) is 11.3. The van der Waals surface area contributed by atoms with E-state index >= 15 is 0 Å². The number of hydrogen-bond acceptors (Lipinski definition) is 6. The summed E-state index contributed by atoms with van der Waals surface area (Å²) in [6, 6.07) is 3.90. The van der Waals surface area contributed by atoms with Gasteiger partial charge >= 0.3 is 0 Å². The van der Waals surface area contributed by atoms with Gasteiger partial charge in [-0.3, -0.25) is 4.68 Å². The van der Waals surface area contributed by atoms with Crippen LogP contribution in [0.3, 0.4) is 0 Å². The Kier molecular flexibility index (Phi) is 4.92. The number of piperidine rings is 1. The molecule has 0 amide bonds. The van der Waals surface area contributed by atoms with Crippen molar-refractivity contribution in [2.24, 2.45) is 0 Å². The summed E-state index contributed by atoms with van der Waals surface area (Å²) in [7, 11) is -3.52. The molecule has 3 aromatic rings. The van der Waals surface area contributed by atoms with Gasteiger partial charge in [-0.1, -0.05) is 12.5 Å². The zero-order chi connectivity index (χ0) is 19.0. The number of oxazole rings is 1. The Balaban J connectivity index is 1.61. The van der Waals surface area contributed by atoms with Gasteiger partial charge in [0, 0.05) is 13.1 Å². The van der Waals surface area contributed by atoms with Crippen molar-refractivity contribution in [3.63, 3.8) is 0 Å². The Hall–Kier alpha value is -1.97. The third kappa shape index (κ3) is 3.46. The van der Waals surface area contributed by atoms with E-state index in [-0.39, 0.29) is 0 Å². The van der Waals surface area contributed by atoms with E-state index in [1.807, 2.05) is 17.5 Å². The molecule has 0 aromatic carbocycles. The number of hydrogen-bond donors (Lipinski definition) is 0. The highest BCUT2D eigenvalue weighted by Crippen LogP contribution is 2.27. The fourth-order valence-electron chi connectivity index (χ4n) is 3.49. The minimum Gasteiger partial charge on any atom is -0.443 e. The molecule has 0 unspecified atom stereocenters. The van der Waals surface area contributed by atoms with Crippen molar-refractivity contribution in [3.8, 4) is 10.8 Å². The van der Waals surface area contributed by atoms with E-state index in [1.165, 1.54) is 0 Å². The molecule has 0 radical (unpaired) electrons. The molecule has 1 aliphatic rings. The summed E-state index contributed by atoms with van der Waals surface area (Å²) < 4.78 is 35.0. The van der Waals surface area contributed by atoms with E-state index in [4.69, 9.17) is 4.42 Å². The summed E-state index contributed by atoms with van der Waals surface area (Å²) in [6.45, 7) is 5.09. The molecule has 0 spiro atoms. The Morgan fingerprint density at radius 1 is 1.22 bits per heavy atom. The molecular formula is C18H22N4O3S2. The van der Waals surface area contributed by atoms with E-state index in [0.717, 1.165) is 24.1 Å². The number of sulfonamides is 1. The largest absolute Gasteiger partial charge is 0.443 e. The Morgan fingerprint density at radius 2 is 2.00 bits per heavy atom. The predicted molar refractivity (Wildman–Crippen MR) is 103 cm³/mol. The topological polar surface area (TPSA) is 81.2 Å². The van der Waals surface area contributed by atoms with E-state index in [1.54, 1.807) is 40.4 Å². The van der Waals surface area contributed by atoms with Gasteiger partial charge in [0.1, 0.15) is 16.9 Å². The molecule has 1 fully saturated rings. The van der Waals surface area contributed by atoms with Crippen molar-refractivity contribution in [1.82, 2.24) is 19.1 Å². The highest BCUT2D eigenvalue weighted by atomic mass is 32.2. The third-order valence-electron chi connectivity index (χ3n) is 4.82.